The van der Waals surface area contributed by atoms with Crippen molar-refractivity contribution in [2.45, 2.75) is 45.1 Å². The lowest BCUT2D eigenvalue weighted by Crippen LogP contribution is -2.30. The lowest BCUT2D eigenvalue weighted by Gasteiger charge is -2.19. The number of esters is 1. The molecule has 0 fully saturated rings. The van der Waals surface area contributed by atoms with Gasteiger partial charge in [-0.2, -0.15) is 5.10 Å². The van der Waals surface area contributed by atoms with E-state index in [1.165, 1.54) is 5.56 Å². The number of hydrogen-bond donors (Lipinski definition) is 2. The maximum Gasteiger partial charge on any atom is 0.308 e. The maximum absolute atomic E-state index is 12.5. The minimum Gasteiger partial charge on any atom is -0.466 e. The van der Waals surface area contributed by atoms with E-state index in [4.69, 9.17) is 33.8 Å². The molecule has 2 aromatic rings. The van der Waals surface area contributed by atoms with Gasteiger partial charge in [0.15, 0.2) is 0 Å². The van der Waals surface area contributed by atoms with Crippen molar-refractivity contribution in [3.8, 4) is 0 Å². The SMILES string of the molecule is CCOC(=O)CC(NC(=O)CCCCc1ccc(C=NN)cc1)c1cc(Cl)cc(Cl)c1. The van der Waals surface area contributed by atoms with Crippen LogP contribution in [0.1, 0.15) is 55.3 Å². The summed E-state index contributed by atoms with van der Waals surface area (Å²) in [6.07, 6.45) is 4.40. The highest BCUT2D eigenvalue weighted by molar-refractivity contribution is 6.34. The molecule has 166 valence electrons. The molecule has 0 aliphatic carbocycles. The number of amides is 1. The second kappa shape index (κ2) is 13.0. The second-order valence-electron chi connectivity index (χ2n) is 7.06. The van der Waals surface area contributed by atoms with E-state index in [1.807, 2.05) is 24.3 Å². The van der Waals surface area contributed by atoms with Gasteiger partial charge in [0, 0.05) is 16.5 Å². The lowest BCUT2D eigenvalue weighted by atomic mass is 10.0. The Morgan fingerprint density at radius 2 is 1.81 bits per heavy atom. The van der Waals surface area contributed by atoms with E-state index in [0.29, 0.717) is 22.0 Å². The fourth-order valence-corrected chi connectivity index (χ4v) is 3.70. The van der Waals surface area contributed by atoms with Crippen LogP contribution in [0.15, 0.2) is 47.6 Å². The summed E-state index contributed by atoms with van der Waals surface area (Å²) in [5.41, 5.74) is 2.79. The summed E-state index contributed by atoms with van der Waals surface area (Å²) < 4.78 is 5.04. The van der Waals surface area contributed by atoms with Crippen LogP contribution in [0.2, 0.25) is 10.0 Å². The monoisotopic (exact) mass is 463 g/mol. The molecule has 0 saturated carbocycles. The number of benzene rings is 2. The summed E-state index contributed by atoms with van der Waals surface area (Å²) in [6.45, 7) is 2.01. The number of rotatable bonds is 11. The number of aryl methyl sites for hydroxylation is 1. The van der Waals surface area contributed by atoms with E-state index >= 15 is 0 Å². The number of nitrogens with two attached hydrogens (primary N) is 1. The van der Waals surface area contributed by atoms with Crippen LogP contribution < -0.4 is 11.2 Å². The molecule has 0 bridgehead atoms. The Morgan fingerprint density at radius 1 is 1.13 bits per heavy atom. The van der Waals surface area contributed by atoms with Crippen LogP contribution in [0.5, 0.6) is 0 Å². The summed E-state index contributed by atoms with van der Waals surface area (Å²) in [5.74, 6) is 4.61. The van der Waals surface area contributed by atoms with Crippen LogP contribution in [0.4, 0.5) is 0 Å². The molecule has 0 aliphatic heterocycles. The molecule has 1 atom stereocenters. The second-order valence-corrected chi connectivity index (χ2v) is 7.93. The molecular weight excluding hydrogens is 437 g/mol. The van der Waals surface area contributed by atoms with Gasteiger partial charge in [0.2, 0.25) is 5.91 Å². The summed E-state index contributed by atoms with van der Waals surface area (Å²) in [7, 11) is 0. The van der Waals surface area contributed by atoms with Crippen LogP contribution in [0.25, 0.3) is 0 Å². The van der Waals surface area contributed by atoms with Crippen molar-refractivity contribution in [3.05, 3.63) is 69.2 Å². The van der Waals surface area contributed by atoms with E-state index in [2.05, 4.69) is 10.4 Å². The quantitative estimate of drug-likeness (QED) is 0.164. The van der Waals surface area contributed by atoms with Gasteiger partial charge in [0.25, 0.3) is 0 Å². The normalized spacial score (nSPS) is 12.0. The van der Waals surface area contributed by atoms with Gasteiger partial charge >= 0.3 is 5.97 Å². The molecule has 6 nitrogen and oxygen atoms in total. The zero-order valence-corrected chi connectivity index (χ0v) is 19.0. The van der Waals surface area contributed by atoms with E-state index in [9.17, 15) is 9.59 Å². The third-order valence-corrected chi connectivity index (χ3v) is 5.06. The van der Waals surface area contributed by atoms with Gasteiger partial charge in [-0.05, 0) is 61.1 Å². The predicted octanol–water partition coefficient (Wildman–Crippen LogP) is 4.81. The molecule has 3 N–H and O–H groups in total. The maximum atomic E-state index is 12.5. The molecule has 1 unspecified atom stereocenters. The number of carbonyl (C=O) groups excluding carboxylic acids is 2. The fraction of sp³-hybridized carbons (Fsp3) is 0.348. The number of hydrogen-bond acceptors (Lipinski definition) is 5. The average molecular weight is 464 g/mol. The topological polar surface area (TPSA) is 93.8 Å². The number of ether oxygens (including phenoxy) is 1. The van der Waals surface area contributed by atoms with Crippen LogP contribution in [-0.2, 0) is 20.7 Å². The molecule has 31 heavy (non-hydrogen) atoms. The van der Waals surface area contributed by atoms with Crippen LogP contribution in [0.3, 0.4) is 0 Å². The number of nitrogens with one attached hydrogen (secondary N) is 1. The summed E-state index contributed by atoms with van der Waals surface area (Å²) in [6, 6.07) is 12.4. The van der Waals surface area contributed by atoms with Crippen molar-refractivity contribution in [3.63, 3.8) is 0 Å². The molecule has 2 rings (SSSR count). The molecule has 1 amide bonds. The molecule has 8 heteroatoms. The first-order valence-corrected chi connectivity index (χ1v) is 10.9. The summed E-state index contributed by atoms with van der Waals surface area (Å²) in [4.78, 5) is 24.5. The highest BCUT2D eigenvalue weighted by Gasteiger charge is 2.20. The summed E-state index contributed by atoms with van der Waals surface area (Å²) >= 11 is 12.2. The van der Waals surface area contributed by atoms with Gasteiger partial charge in [0.05, 0.1) is 25.3 Å². The Bertz CT molecular complexity index is 881. The fourth-order valence-electron chi connectivity index (χ4n) is 3.15. The van der Waals surface area contributed by atoms with E-state index in [0.717, 1.165) is 24.8 Å². The molecule has 2 aromatic carbocycles. The van der Waals surface area contributed by atoms with Gasteiger partial charge in [0.1, 0.15) is 0 Å². The average Bonchev–Trinajstić information content (AvgIpc) is 2.71. The van der Waals surface area contributed by atoms with Crippen molar-refractivity contribution < 1.29 is 14.3 Å². The number of hydrazone groups is 1. The Labute approximate surface area is 192 Å². The van der Waals surface area contributed by atoms with Crippen molar-refractivity contribution in [1.29, 1.82) is 0 Å². The highest BCUT2D eigenvalue weighted by Crippen LogP contribution is 2.26. The number of carbonyl (C=O) groups is 2. The predicted molar refractivity (Wildman–Crippen MR) is 124 cm³/mol. The first kappa shape index (κ1) is 24.7. The number of nitrogens with zero attached hydrogens (tertiary/aromatic N) is 1. The molecule has 0 spiro atoms. The van der Waals surface area contributed by atoms with Gasteiger partial charge in [-0.1, -0.05) is 47.5 Å². The zero-order chi connectivity index (χ0) is 22.6. The smallest absolute Gasteiger partial charge is 0.308 e. The molecule has 0 aromatic heterocycles. The molecule has 0 aliphatic rings. The summed E-state index contributed by atoms with van der Waals surface area (Å²) in [5, 5.41) is 7.29. The minimum atomic E-state index is -0.556. The van der Waals surface area contributed by atoms with Crippen LogP contribution in [-0.4, -0.2) is 24.7 Å². The van der Waals surface area contributed by atoms with Crippen molar-refractivity contribution in [1.82, 2.24) is 5.32 Å². The van der Waals surface area contributed by atoms with E-state index in [1.54, 1.807) is 31.3 Å². The van der Waals surface area contributed by atoms with Gasteiger partial charge in [-0.3, -0.25) is 9.59 Å². The van der Waals surface area contributed by atoms with Crippen molar-refractivity contribution in [2.24, 2.45) is 10.9 Å². The first-order valence-electron chi connectivity index (χ1n) is 10.1. The standard InChI is InChI=1S/C23H27Cl2N3O3/c1-2-31-23(30)14-21(18-11-19(24)13-20(25)12-18)28-22(29)6-4-3-5-16-7-9-17(10-8-16)15-27-26/h7-13,15,21H,2-6,14,26H2,1H3,(H,28,29). The van der Waals surface area contributed by atoms with Crippen LogP contribution in [0, 0.1) is 0 Å². The van der Waals surface area contributed by atoms with Gasteiger partial charge in [-0.25, -0.2) is 0 Å². The Kier molecular flexibility index (Phi) is 10.3. The first-order chi connectivity index (χ1) is 14.9. The van der Waals surface area contributed by atoms with E-state index < -0.39 is 12.0 Å². The Balaban J connectivity index is 1.89. The molecule has 0 saturated heterocycles. The zero-order valence-electron chi connectivity index (χ0n) is 17.4. The Hall–Kier alpha value is -2.57. The number of unbranched alkanes of at least 4 members (excludes halogenated alkanes) is 1. The van der Waals surface area contributed by atoms with Crippen LogP contribution >= 0.6 is 23.2 Å². The lowest BCUT2D eigenvalue weighted by molar-refractivity contribution is -0.143. The Morgan fingerprint density at radius 3 is 2.42 bits per heavy atom. The molecular formula is C23H27Cl2N3O3. The third-order valence-electron chi connectivity index (χ3n) is 4.62. The van der Waals surface area contributed by atoms with E-state index in [-0.39, 0.29) is 18.9 Å². The largest absolute Gasteiger partial charge is 0.466 e. The number of halogens is 2. The molecule has 0 heterocycles. The van der Waals surface area contributed by atoms with Gasteiger partial charge in [-0.15, -0.1) is 0 Å². The van der Waals surface area contributed by atoms with Gasteiger partial charge < -0.3 is 15.9 Å². The highest BCUT2D eigenvalue weighted by atomic mass is 35.5. The third kappa shape index (κ3) is 8.99. The van der Waals surface area contributed by atoms with Crippen molar-refractivity contribution >= 4 is 41.3 Å². The van der Waals surface area contributed by atoms with Crippen molar-refractivity contribution in [2.75, 3.05) is 6.61 Å². The molecule has 0 radical (unpaired) electrons. The minimum absolute atomic E-state index is 0.00863.